The summed E-state index contributed by atoms with van der Waals surface area (Å²) >= 11 is 1.30. The van der Waals surface area contributed by atoms with Crippen LogP contribution in [-0.4, -0.2) is 16.0 Å². The summed E-state index contributed by atoms with van der Waals surface area (Å²) < 4.78 is 3.01. The fraction of sp³-hybridized carbons (Fsp3) is 0.300. The number of nitro benzene ring substituents is 1. The molecule has 0 spiro atoms. The summed E-state index contributed by atoms with van der Waals surface area (Å²) in [6.45, 7) is 1.73. The molecule has 0 saturated heterocycles. The van der Waals surface area contributed by atoms with E-state index in [9.17, 15) is 14.9 Å². The van der Waals surface area contributed by atoms with E-state index in [0.29, 0.717) is 5.56 Å². The number of carbonyl (C=O) groups is 1. The molecule has 1 heterocycles. The Morgan fingerprint density at radius 1 is 1.65 bits per heavy atom. The molecule has 7 heteroatoms. The molecule has 17 heavy (non-hydrogen) atoms. The van der Waals surface area contributed by atoms with Gasteiger partial charge in [-0.25, -0.2) is 4.72 Å². The van der Waals surface area contributed by atoms with Crippen LogP contribution in [0.1, 0.15) is 18.9 Å². The van der Waals surface area contributed by atoms with Gasteiger partial charge in [-0.3, -0.25) is 14.9 Å². The lowest BCUT2D eigenvalue weighted by atomic mass is 9.89. The van der Waals surface area contributed by atoms with Crippen molar-refractivity contribution in [1.29, 1.82) is 0 Å². The molecule has 1 aliphatic rings. The molecule has 1 unspecified atom stereocenters. The summed E-state index contributed by atoms with van der Waals surface area (Å²) in [5, 5.41) is 19.6. The largest absolute Gasteiger partial charge is 0.481 e. The van der Waals surface area contributed by atoms with Crippen LogP contribution in [0.3, 0.4) is 0 Å². The predicted octanol–water partition coefficient (Wildman–Crippen LogP) is 1.90. The lowest BCUT2D eigenvalue weighted by molar-refractivity contribution is -0.385. The summed E-state index contributed by atoms with van der Waals surface area (Å²) in [6.07, 6.45) is -0.117. The maximum atomic E-state index is 10.8. The molecule has 0 saturated carbocycles. The molecular formula is C10H10N2O4S. The smallest absolute Gasteiger partial charge is 0.305 e. The van der Waals surface area contributed by atoms with Crippen LogP contribution in [0.5, 0.6) is 0 Å². The highest BCUT2D eigenvalue weighted by Crippen LogP contribution is 2.42. The van der Waals surface area contributed by atoms with E-state index in [4.69, 9.17) is 5.11 Å². The molecule has 0 aliphatic carbocycles. The molecule has 0 amide bonds. The maximum Gasteiger partial charge on any atom is 0.305 e. The van der Waals surface area contributed by atoms with Crippen molar-refractivity contribution < 1.29 is 14.8 Å². The van der Waals surface area contributed by atoms with Crippen LogP contribution in [0.2, 0.25) is 0 Å². The zero-order valence-electron chi connectivity index (χ0n) is 8.97. The first-order valence-electron chi connectivity index (χ1n) is 4.87. The number of carboxylic acid groups (broad SMARTS) is 1. The molecule has 90 valence electrons. The standard InChI is InChI=1S/C10H10N2O4S/c1-10(5-9(13)14)7-4-6(12(15)16)2-3-8(7)17-11-10/h2-4,11H,5H2,1H3,(H,13,14). The quantitative estimate of drug-likeness (QED) is 0.486. The van der Waals surface area contributed by atoms with E-state index in [1.807, 2.05) is 0 Å². The molecule has 0 radical (unpaired) electrons. The van der Waals surface area contributed by atoms with Gasteiger partial charge >= 0.3 is 5.97 Å². The van der Waals surface area contributed by atoms with Gasteiger partial charge in [0.05, 0.1) is 16.9 Å². The second-order valence-corrected chi connectivity index (χ2v) is 4.89. The topological polar surface area (TPSA) is 92.5 Å². The van der Waals surface area contributed by atoms with E-state index in [0.717, 1.165) is 4.90 Å². The molecule has 6 nitrogen and oxygen atoms in total. The van der Waals surface area contributed by atoms with Gasteiger partial charge in [-0.1, -0.05) is 0 Å². The Balaban J connectivity index is 2.45. The minimum Gasteiger partial charge on any atom is -0.481 e. The molecule has 1 aromatic rings. The van der Waals surface area contributed by atoms with Crippen molar-refractivity contribution in [2.75, 3.05) is 0 Å². The maximum absolute atomic E-state index is 10.8. The number of rotatable bonds is 3. The van der Waals surface area contributed by atoms with Crippen molar-refractivity contribution in [2.24, 2.45) is 0 Å². The third kappa shape index (κ3) is 2.11. The molecule has 1 aromatic carbocycles. The summed E-state index contributed by atoms with van der Waals surface area (Å²) in [7, 11) is 0. The molecule has 0 bridgehead atoms. The first-order valence-corrected chi connectivity index (χ1v) is 5.69. The van der Waals surface area contributed by atoms with Gasteiger partial charge in [0.25, 0.3) is 5.69 Å². The number of nitro groups is 1. The first-order chi connectivity index (χ1) is 7.92. The fourth-order valence-corrected chi connectivity index (χ4v) is 2.86. The lowest BCUT2D eigenvalue weighted by Gasteiger charge is -2.22. The highest BCUT2D eigenvalue weighted by molar-refractivity contribution is 7.97. The van der Waals surface area contributed by atoms with E-state index in [1.54, 1.807) is 13.0 Å². The van der Waals surface area contributed by atoms with Crippen LogP contribution < -0.4 is 4.72 Å². The molecular weight excluding hydrogens is 244 g/mol. The van der Waals surface area contributed by atoms with Gasteiger partial charge in [0.2, 0.25) is 0 Å². The van der Waals surface area contributed by atoms with Gasteiger partial charge in [-0.05, 0) is 30.5 Å². The van der Waals surface area contributed by atoms with Gasteiger partial charge in [-0.15, -0.1) is 0 Å². The normalized spacial score (nSPS) is 22.2. The van der Waals surface area contributed by atoms with Crippen LogP contribution in [0.4, 0.5) is 5.69 Å². The number of nitrogens with zero attached hydrogens (tertiary/aromatic N) is 1. The summed E-state index contributed by atoms with van der Waals surface area (Å²) in [5.74, 6) is -0.944. The van der Waals surface area contributed by atoms with Gasteiger partial charge in [0.1, 0.15) is 0 Å². The van der Waals surface area contributed by atoms with E-state index in [1.165, 1.54) is 24.1 Å². The minimum absolute atomic E-state index is 0.0235. The van der Waals surface area contributed by atoms with Gasteiger partial charge < -0.3 is 5.11 Å². The van der Waals surface area contributed by atoms with E-state index < -0.39 is 16.4 Å². The van der Waals surface area contributed by atoms with Crippen LogP contribution in [0.25, 0.3) is 0 Å². The first kappa shape index (κ1) is 11.9. The van der Waals surface area contributed by atoms with E-state index in [-0.39, 0.29) is 12.1 Å². The Kier molecular flexibility index (Phi) is 2.80. The number of hydrogen-bond acceptors (Lipinski definition) is 5. The number of non-ortho nitro benzene ring substituents is 1. The van der Waals surface area contributed by atoms with Crippen LogP contribution in [-0.2, 0) is 10.3 Å². The molecule has 1 atom stereocenters. The van der Waals surface area contributed by atoms with Crippen molar-refractivity contribution >= 4 is 23.6 Å². The van der Waals surface area contributed by atoms with Gasteiger partial charge in [0, 0.05) is 17.0 Å². The second-order valence-electron chi connectivity index (χ2n) is 4.04. The minimum atomic E-state index is -0.944. The van der Waals surface area contributed by atoms with Crippen molar-refractivity contribution in [3.63, 3.8) is 0 Å². The second kappa shape index (κ2) is 4.01. The zero-order chi connectivity index (χ0) is 12.6. The number of benzene rings is 1. The number of carboxylic acids is 1. The summed E-state index contributed by atoms with van der Waals surface area (Å²) in [5.41, 5.74) is -0.124. The fourth-order valence-electron chi connectivity index (χ4n) is 1.81. The van der Waals surface area contributed by atoms with Crippen molar-refractivity contribution in [1.82, 2.24) is 4.72 Å². The van der Waals surface area contributed by atoms with E-state index >= 15 is 0 Å². The summed E-state index contributed by atoms with van der Waals surface area (Å²) in [4.78, 5) is 21.9. The number of aliphatic carboxylic acids is 1. The summed E-state index contributed by atoms with van der Waals surface area (Å²) in [6, 6.07) is 4.49. The van der Waals surface area contributed by atoms with Crippen molar-refractivity contribution in [2.45, 2.75) is 23.8 Å². The predicted molar refractivity (Wildman–Crippen MR) is 61.7 cm³/mol. The highest BCUT2D eigenvalue weighted by Gasteiger charge is 2.38. The van der Waals surface area contributed by atoms with Crippen LogP contribution in [0, 0.1) is 10.1 Å². The number of hydrogen-bond donors (Lipinski definition) is 2. The van der Waals surface area contributed by atoms with Crippen LogP contribution >= 0.6 is 11.9 Å². The van der Waals surface area contributed by atoms with Gasteiger partial charge in [-0.2, -0.15) is 0 Å². The average molecular weight is 254 g/mol. The Bertz CT molecular complexity index is 505. The number of nitrogens with one attached hydrogen (secondary N) is 1. The number of fused-ring (bicyclic) bond motifs is 1. The molecule has 2 rings (SSSR count). The Labute approximate surface area is 101 Å². The average Bonchev–Trinajstić information content (AvgIpc) is 2.55. The molecule has 0 aromatic heterocycles. The van der Waals surface area contributed by atoms with Crippen molar-refractivity contribution in [3.8, 4) is 0 Å². The third-order valence-electron chi connectivity index (χ3n) is 2.66. The lowest BCUT2D eigenvalue weighted by Crippen LogP contribution is -2.33. The van der Waals surface area contributed by atoms with Gasteiger partial charge in [0.15, 0.2) is 0 Å². The van der Waals surface area contributed by atoms with Crippen LogP contribution in [0.15, 0.2) is 23.1 Å². The third-order valence-corrected chi connectivity index (χ3v) is 3.79. The zero-order valence-corrected chi connectivity index (χ0v) is 9.78. The Morgan fingerprint density at radius 2 is 2.35 bits per heavy atom. The Morgan fingerprint density at radius 3 is 2.94 bits per heavy atom. The van der Waals surface area contributed by atoms with Crippen molar-refractivity contribution in [3.05, 3.63) is 33.9 Å². The SMILES string of the molecule is CC1(CC(=O)O)NSc2ccc([N+](=O)[O-])cc21. The molecule has 2 N–H and O–H groups in total. The van der Waals surface area contributed by atoms with E-state index in [2.05, 4.69) is 4.72 Å². The molecule has 0 fully saturated rings. The highest BCUT2D eigenvalue weighted by atomic mass is 32.2. The molecule has 1 aliphatic heterocycles. The monoisotopic (exact) mass is 254 g/mol. The Hall–Kier alpha value is -1.60.